The lowest BCUT2D eigenvalue weighted by atomic mass is 10.1. The predicted octanol–water partition coefficient (Wildman–Crippen LogP) is 1.06. The number of carbonyl (C=O) groups is 1. The van der Waals surface area contributed by atoms with Crippen molar-refractivity contribution in [3.63, 3.8) is 0 Å². The van der Waals surface area contributed by atoms with Gasteiger partial charge in [0, 0.05) is 32.6 Å². The number of nitrogens with zero attached hydrogens (tertiary/aromatic N) is 4. The molecule has 0 atom stereocenters. The third-order valence-electron chi connectivity index (χ3n) is 3.41. The highest BCUT2D eigenvalue weighted by Gasteiger charge is 2.33. The van der Waals surface area contributed by atoms with Crippen molar-refractivity contribution in [3.8, 4) is 0 Å². The lowest BCUT2D eigenvalue weighted by molar-refractivity contribution is 0.129. The van der Waals surface area contributed by atoms with Gasteiger partial charge in [0.2, 0.25) is 0 Å². The number of hydrogen-bond donors (Lipinski definition) is 2. The first-order valence-electron chi connectivity index (χ1n) is 6.71. The molecule has 1 aromatic rings. The summed E-state index contributed by atoms with van der Waals surface area (Å²) in [4.78, 5) is 23.0. The summed E-state index contributed by atoms with van der Waals surface area (Å²) in [5.41, 5.74) is 5.81. The highest BCUT2D eigenvalue weighted by atomic mass is 16.4. The molecule has 0 aromatic carbocycles. The average molecular weight is 279 g/mol. The molecule has 2 heterocycles. The molecule has 1 fully saturated rings. The van der Waals surface area contributed by atoms with Crippen LogP contribution in [0.4, 0.5) is 16.4 Å². The number of nitrogen functional groups attached to an aromatic ring is 1. The highest BCUT2D eigenvalue weighted by Crippen LogP contribution is 2.23. The van der Waals surface area contributed by atoms with Gasteiger partial charge in [0.25, 0.3) is 0 Å². The molecule has 1 amide bonds. The number of hydrogen-bond acceptors (Lipinski definition) is 5. The van der Waals surface area contributed by atoms with Crippen molar-refractivity contribution < 1.29 is 9.90 Å². The Hall–Kier alpha value is -2.05. The van der Waals surface area contributed by atoms with Crippen molar-refractivity contribution in [2.75, 3.05) is 30.8 Å². The highest BCUT2D eigenvalue weighted by molar-refractivity contribution is 5.66. The van der Waals surface area contributed by atoms with Gasteiger partial charge in [-0.3, -0.25) is 0 Å². The molecule has 1 aliphatic rings. The fourth-order valence-electron chi connectivity index (χ4n) is 2.17. The summed E-state index contributed by atoms with van der Waals surface area (Å²) in [5.74, 6) is 2.45. The van der Waals surface area contributed by atoms with Crippen LogP contribution in [-0.2, 0) is 6.42 Å². The van der Waals surface area contributed by atoms with E-state index in [-0.39, 0.29) is 6.04 Å². The minimum absolute atomic E-state index is 0.0113. The molecule has 7 nitrogen and oxygen atoms in total. The van der Waals surface area contributed by atoms with E-state index in [0.717, 1.165) is 18.1 Å². The third kappa shape index (κ3) is 3.09. The Labute approximate surface area is 118 Å². The molecular weight excluding hydrogens is 258 g/mol. The molecular formula is C13H21N5O2. The summed E-state index contributed by atoms with van der Waals surface area (Å²) in [6, 6.07) is 1.75. The van der Waals surface area contributed by atoms with Crippen LogP contribution >= 0.6 is 0 Å². The smallest absolute Gasteiger partial charge is 0.407 e. The summed E-state index contributed by atoms with van der Waals surface area (Å²) in [5, 5.41) is 8.92. The maximum atomic E-state index is 10.9. The third-order valence-corrected chi connectivity index (χ3v) is 3.41. The van der Waals surface area contributed by atoms with E-state index in [1.165, 1.54) is 4.90 Å². The van der Waals surface area contributed by atoms with Gasteiger partial charge in [-0.05, 0) is 5.92 Å². The largest absolute Gasteiger partial charge is 0.465 e. The Morgan fingerprint density at radius 2 is 2.20 bits per heavy atom. The normalized spacial score (nSPS) is 15.3. The molecule has 0 bridgehead atoms. The summed E-state index contributed by atoms with van der Waals surface area (Å²) < 4.78 is 0. The number of nitrogens with two attached hydrogens (primary N) is 1. The predicted molar refractivity (Wildman–Crippen MR) is 76.8 cm³/mol. The van der Waals surface area contributed by atoms with Gasteiger partial charge in [0.15, 0.2) is 0 Å². The fraction of sp³-hybridized carbons (Fsp3) is 0.615. The lowest BCUT2D eigenvalue weighted by Gasteiger charge is -2.43. The quantitative estimate of drug-likeness (QED) is 0.855. The second-order valence-corrected chi connectivity index (χ2v) is 5.62. The van der Waals surface area contributed by atoms with Gasteiger partial charge in [-0.1, -0.05) is 13.8 Å². The van der Waals surface area contributed by atoms with Crippen LogP contribution in [0, 0.1) is 5.92 Å². The second kappa shape index (κ2) is 5.52. The Morgan fingerprint density at radius 3 is 2.75 bits per heavy atom. The van der Waals surface area contributed by atoms with Gasteiger partial charge in [0.05, 0.1) is 6.04 Å². The van der Waals surface area contributed by atoms with Crippen LogP contribution in [0.25, 0.3) is 0 Å². The van der Waals surface area contributed by atoms with Crippen molar-refractivity contribution in [2.24, 2.45) is 5.92 Å². The van der Waals surface area contributed by atoms with E-state index < -0.39 is 6.09 Å². The molecule has 1 saturated heterocycles. The van der Waals surface area contributed by atoms with E-state index >= 15 is 0 Å². The van der Waals surface area contributed by atoms with E-state index in [2.05, 4.69) is 23.8 Å². The van der Waals surface area contributed by atoms with Crippen LogP contribution in [0.3, 0.4) is 0 Å². The van der Waals surface area contributed by atoms with Crippen LogP contribution in [-0.4, -0.2) is 52.2 Å². The minimum Gasteiger partial charge on any atom is -0.465 e. The van der Waals surface area contributed by atoms with E-state index in [4.69, 9.17) is 10.8 Å². The van der Waals surface area contributed by atoms with Gasteiger partial charge >= 0.3 is 6.09 Å². The SMILES string of the molecule is CC(C)Cc1nc(N)cc(N2CC(N(C)C(=O)O)C2)n1. The van der Waals surface area contributed by atoms with Crippen molar-refractivity contribution in [2.45, 2.75) is 26.3 Å². The van der Waals surface area contributed by atoms with Crippen LogP contribution in [0.15, 0.2) is 6.07 Å². The maximum Gasteiger partial charge on any atom is 0.407 e. The number of amides is 1. The van der Waals surface area contributed by atoms with Gasteiger partial charge < -0.3 is 20.6 Å². The first kappa shape index (κ1) is 14.4. The van der Waals surface area contributed by atoms with E-state index in [9.17, 15) is 4.79 Å². The number of carboxylic acid groups (broad SMARTS) is 1. The molecule has 0 unspecified atom stereocenters. The number of aromatic nitrogens is 2. The number of likely N-dealkylation sites (N-methyl/N-ethyl adjacent to an activating group) is 1. The fourth-order valence-corrected chi connectivity index (χ4v) is 2.17. The molecule has 20 heavy (non-hydrogen) atoms. The maximum absolute atomic E-state index is 10.9. The Kier molecular flexibility index (Phi) is 3.96. The Balaban J connectivity index is 2.04. The lowest BCUT2D eigenvalue weighted by Crippen LogP contribution is -2.60. The van der Waals surface area contributed by atoms with E-state index in [1.807, 2.05) is 4.90 Å². The summed E-state index contributed by atoms with van der Waals surface area (Å²) in [6.07, 6.45) is -0.123. The Bertz CT molecular complexity index is 500. The first-order chi connectivity index (χ1) is 9.36. The van der Waals surface area contributed by atoms with Crippen molar-refractivity contribution >= 4 is 17.7 Å². The molecule has 1 aromatic heterocycles. The summed E-state index contributed by atoms with van der Waals surface area (Å²) >= 11 is 0. The zero-order chi connectivity index (χ0) is 14.9. The molecule has 0 saturated carbocycles. The number of anilines is 2. The van der Waals surface area contributed by atoms with Gasteiger partial charge in [0.1, 0.15) is 17.5 Å². The van der Waals surface area contributed by atoms with Crippen LogP contribution < -0.4 is 10.6 Å². The van der Waals surface area contributed by atoms with Crippen molar-refractivity contribution in [1.29, 1.82) is 0 Å². The molecule has 0 spiro atoms. The molecule has 2 rings (SSSR count). The van der Waals surface area contributed by atoms with E-state index in [1.54, 1.807) is 13.1 Å². The zero-order valence-electron chi connectivity index (χ0n) is 12.1. The number of rotatable bonds is 4. The van der Waals surface area contributed by atoms with Gasteiger partial charge in [-0.15, -0.1) is 0 Å². The summed E-state index contributed by atoms with van der Waals surface area (Å²) in [7, 11) is 1.59. The monoisotopic (exact) mass is 279 g/mol. The van der Waals surface area contributed by atoms with Crippen LogP contribution in [0.2, 0.25) is 0 Å². The Morgan fingerprint density at radius 1 is 1.55 bits per heavy atom. The molecule has 0 aliphatic carbocycles. The molecule has 7 heteroatoms. The minimum atomic E-state index is -0.905. The van der Waals surface area contributed by atoms with Crippen LogP contribution in [0.1, 0.15) is 19.7 Å². The van der Waals surface area contributed by atoms with E-state index in [0.29, 0.717) is 24.8 Å². The average Bonchev–Trinajstić information content (AvgIpc) is 2.24. The van der Waals surface area contributed by atoms with Gasteiger partial charge in [-0.2, -0.15) is 0 Å². The van der Waals surface area contributed by atoms with Crippen LogP contribution in [0.5, 0.6) is 0 Å². The summed E-state index contributed by atoms with van der Waals surface area (Å²) in [6.45, 7) is 5.49. The second-order valence-electron chi connectivity index (χ2n) is 5.62. The van der Waals surface area contributed by atoms with Crippen molar-refractivity contribution in [3.05, 3.63) is 11.9 Å². The van der Waals surface area contributed by atoms with Crippen molar-refractivity contribution in [1.82, 2.24) is 14.9 Å². The zero-order valence-corrected chi connectivity index (χ0v) is 12.1. The molecule has 110 valence electrons. The first-order valence-corrected chi connectivity index (χ1v) is 6.71. The van der Waals surface area contributed by atoms with Gasteiger partial charge in [-0.25, -0.2) is 14.8 Å². The standard InChI is InChI=1S/C13H21N5O2/c1-8(2)4-11-15-10(14)5-12(16-11)18-6-9(7-18)17(3)13(19)20/h5,8-9H,4,6-7H2,1-3H3,(H,19,20)(H2,14,15,16). The topological polar surface area (TPSA) is 95.6 Å². The molecule has 3 N–H and O–H groups in total. The molecule has 0 radical (unpaired) electrons. The molecule has 1 aliphatic heterocycles.